The third kappa shape index (κ3) is 4.92. The van der Waals surface area contributed by atoms with E-state index < -0.39 is 0 Å². The van der Waals surface area contributed by atoms with Gasteiger partial charge in [0.1, 0.15) is 5.82 Å². The van der Waals surface area contributed by atoms with E-state index in [9.17, 15) is 9.59 Å². The van der Waals surface area contributed by atoms with Crippen molar-refractivity contribution < 1.29 is 9.59 Å². The van der Waals surface area contributed by atoms with E-state index in [0.29, 0.717) is 11.3 Å². The Morgan fingerprint density at radius 2 is 1.92 bits per heavy atom. The van der Waals surface area contributed by atoms with E-state index in [4.69, 9.17) is 0 Å². The standard InChI is InChI=1S/C18H24N4O2S/c1-11(2)17-20-21-18(22(17)12(3)4)25-10-16(24)19-15-8-6-7-14(9-15)13(5)23/h6-9,11-12H,10H2,1-5H3,(H,19,24). The molecule has 0 saturated carbocycles. The molecule has 1 heterocycles. The first kappa shape index (κ1) is 19.2. The number of nitrogens with one attached hydrogen (secondary N) is 1. The predicted molar refractivity (Wildman–Crippen MR) is 100 cm³/mol. The quantitative estimate of drug-likeness (QED) is 0.598. The van der Waals surface area contributed by atoms with Gasteiger partial charge < -0.3 is 9.88 Å². The van der Waals surface area contributed by atoms with Crippen LogP contribution in [0.15, 0.2) is 29.4 Å². The number of nitrogens with zero attached hydrogens (tertiary/aromatic N) is 3. The molecule has 0 aliphatic carbocycles. The first-order valence-electron chi connectivity index (χ1n) is 8.28. The molecule has 0 aliphatic heterocycles. The van der Waals surface area contributed by atoms with Crippen LogP contribution in [0.2, 0.25) is 0 Å². The lowest BCUT2D eigenvalue weighted by Crippen LogP contribution is -2.15. The summed E-state index contributed by atoms with van der Waals surface area (Å²) in [6.07, 6.45) is 0. The Hall–Kier alpha value is -2.15. The van der Waals surface area contributed by atoms with Crippen molar-refractivity contribution in [2.24, 2.45) is 0 Å². The second-order valence-electron chi connectivity index (χ2n) is 6.43. The van der Waals surface area contributed by atoms with E-state index >= 15 is 0 Å². The highest BCUT2D eigenvalue weighted by Crippen LogP contribution is 2.25. The molecule has 1 aromatic heterocycles. The highest BCUT2D eigenvalue weighted by atomic mass is 32.2. The molecule has 1 aromatic carbocycles. The minimum atomic E-state index is -0.143. The maximum Gasteiger partial charge on any atom is 0.234 e. The monoisotopic (exact) mass is 360 g/mol. The van der Waals surface area contributed by atoms with Gasteiger partial charge in [0, 0.05) is 23.2 Å². The topological polar surface area (TPSA) is 76.9 Å². The third-order valence-electron chi connectivity index (χ3n) is 3.61. The van der Waals surface area contributed by atoms with Gasteiger partial charge in [-0.05, 0) is 32.9 Å². The zero-order chi connectivity index (χ0) is 18.6. The lowest BCUT2D eigenvalue weighted by molar-refractivity contribution is -0.113. The SMILES string of the molecule is CC(=O)c1cccc(NC(=O)CSc2nnc(C(C)C)n2C(C)C)c1. The van der Waals surface area contributed by atoms with Crippen LogP contribution in [0.4, 0.5) is 5.69 Å². The van der Waals surface area contributed by atoms with E-state index in [2.05, 4.69) is 47.8 Å². The molecule has 1 N–H and O–H groups in total. The van der Waals surface area contributed by atoms with E-state index in [1.807, 2.05) is 0 Å². The average molecular weight is 360 g/mol. The molecular formula is C18H24N4O2S. The van der Waals surface area contributed by atoms with Crippen molar-refractivity contribution in [1.29, 1.82) is 0 Å². The number of amides is 1. The predicted octanol–water partition coefficient (Wildman–Crippen LogP) is 3.92. The number of hydrogen-bond donors (Lipinski definition) is 1. The van der Waals surface area contributed by atoms with E-state index in [1.54, 1.807) is 24.3 Å². The van der Waals surface area contributed by atoms with E-state index in [1.165, 1.54) is 18.7 Å². The Bertz CT molecular complexity index is 768. The van der Waals surface area contributed by atoms with Gasteiger partial charge in [0.25, 0.3) is 0 Å². The van der Waals surface area contributed by atoms with Crippen LogP contribution in [0, 0.1) is 0 Å². The summed E-state index contributed by atoms with van der Waals surface area (Å²) in [6.45, 7) is 9.80. The van der Waals surface area contributed by atoms with E-state index in [-0.39, 0.29) is 29.4 Å². The summed E-state index contributed by atoms with van der Waals surface area (Å²) in [5.41, 5.74) is 1.19. The number of thioether (sulfide) groups is 1. The van der Waals surface area contributed by atoms with Crippen molar-refractivity contribution in [3.05, 3.63) is 35.7 Å². The molecule has 134 valence electrons. The molecule has 25 heavy (non-hydrogen) atoms. The molecular weight excluding hydrogens is 336 g/mol. The maximum absolute atomic E-state index is 12.2. The van der Waals surface area contributed by atoms with Crippen molar-refractivity contribution in [3.63, 3.8) is 0 Å². The summed E-state index contributed by atoms with van der Waals surface area (Å²) in [4.78, 5) is 23.6. The molecule has 7 heteroatoms. The highest BCUT2D eigenvalue weighted by molar-refractivity contribution is 7.99. The van der Waals surface area contributed by atoms with Gasteiger partial charge in [-0.15, -0.1) is 10.2 Å². The number of hydrogen-bond acceptors (Lipinski definition) is 5. The molecule has 6 nitrogen and oxygen atoms in total. The number of carbonyl (C=O) groups excluding carboxylic acids is 2. The molecule has 0 saturated heterocycles. The summed E-state index contributed by atoms with van der Waals surface area (Å²) >= 11 is 1.36. The molecule has 0 unspecified atom stereocenters. The molecule has 0 bridgehead atoms. The second-order valence-corrected chi connectivity index (χ2v) is 7.38. The summed E-state index contributed by atoms with van der Waals surface area (Å²) in [5.74, 6) is 1.25. The van der Waals surface area contributed by atoms with Gasteiger partial charge in [0.15, 0.2) is 10.9 Å². The fourth-order valence-corrected chi connectivity index (χ4v) is 3.28. The lowest BCUT2D eigenvalue weighted by atomic mass is 10.1. The molecule has 0 spiro atoms. The van der Waals surface area contributed by atoms with Crippen LogP contribution in [-0.2, 0) is 4.79 Å². The summed E-state index contributed by atoms with van der Waals surface area (Å²) in [6, 6.07) is 7.15. The molecule has 1 amide bonds. The normalized spacial score (nSPS) is 11.2. The first-order valence-corrected chi connectivity index (χ1v) is 9.26. The van der Waals surface area contributed by atoms with Crippen LogP contribution in [0.5, 0.6) is 0 Å². The van der Waals surface area contributed by atoms with Gasteiger partial charge in [-0.2, -0.15) is 0 Å². The van der Waals surface area contributed by atoms with Crippen molar-refractivity contribution in [2.45, 2.75) is 51.7 Å². The summed E-state index contributed by atoms with van der Waals surface area (Å²) in [5, 5.41) is 12.0. The number of aromatic nitrogens is 3. The van der Waals surface area contributed by atoms with Gasteiger partial charge in [-0.1, -0.05) is 37.7 Å². The van der Waals surface area contributed by atoms with Crippen molar-refractivity contribution in [3.8, 4) is 0 Å². The van der Waals surface area contributed by atoms with Crippen molar-refractivity contribution in [1.82, 2.24) is 14.8 Å². The Kier molecular flexibility index (Phi) is 6.36. The number of anilines is 1. The minimum Gasteiger partial charge on any atom is -0.325 e. The van der Waals surface area contributed by atoms with Crippen LogP contribution < -0.4 is 5.32 Å². The Balaban J connectivity index is 2.03. The van der Waals surface area contributed by atoms with Crippen LogP contribution in [0.25, 0.3) is 0 Å². The van der Waals surface area contributed by atoms with E-state index in [0.717, 1.165) is 11.0 Å². The molecule has 0 radical (unpaired) electrons. The third-order valence-corrected chi connectivity index (χ3v) is 4.55. The van der Waals surface area contributed by atoms with Gasteiger partial charge >= 0.3 is 0 Å². The van der Waals surface area contributed by atoms with Gasteiger partial charge in [0.05, 0.1) is 5.75 Å². The van der Waals surface area contributed by atoms with Crippen molar-refractivity contribution in [2.75, 3.05) is 11.1 Å². The maximum atomic E-state index is 12.2. The molecule has 0 atom stereocenters. The average Bonchev–Trinajstić information content (AvgIpc) is 2.97. The highest BCUT2D eigenvalue weighted by Gasteiger charge is 2.18. The van der Waals surface area contributed by atoms with Gasteiger partial charge in [-0.25, -0.2) is 0 Å². The van der Waals surface area contributed by atoms with Gasteiger partial charge in [-0.3, -0.25) is 9.59 Å². The number of carbonyl (C=O) groups is 2. The summed E-state index contributed by atoms with van der Waals surface area (Å²) < 4.78 is 2.07. The largest absolute Gasteiger partial charge is 0.325 e. The summed E-state index contributed by atoms with van der Waals surface area (Å²) in [7, 11) is 0. The second kappa shape index (κ2) is 8.29. The number of rotatable bonds is 7. The zero-order valence-corrected chi connectivity index (χ0v) is 16.1. The van der Waals surface area contributed by atoms with Gasteiger partial charge in [0.2, 0.25) is 5.91 Å². The molecule has 2 aromatic rings. The molecule has 2 rings (SSSR count). The molecule has 0 fully saturated rings. The minimum absolute atomic E-state index is 0.0308. The number of Topliss-reactive ketones (excluding diaryl/α,β-unsaturated/α-hetero) is 1. The van der Waals surface area contributed by atoms with Crippen LogP contribution in [0.3, 0.4) is 0 Å². The fourth-order valence-electron chi connectivity index (χ4n) is 2.41. The first-order chi connectivity index (χ1) is 11.8. The lowest BCUT2D eigenvalue weighted by Gasteiger charge is -2.15. The van der Waals surface area contributed by atoms with Crippen molar-refractivity contribution >= 4 is 29.1 Å². The number of ketones is 1. The zero-order valence-electron chi connectivity index (χ0n) is 15.2. The Morgan fingerprint density at radius 3 is 2.52 bits per heavy atom. The number of benzene rings is 1. The molecule has 0 aliphatic rings. The fraction of sp³-hybridized carbons (Fsp3) is 0.444. The Morgan fingerprint density at radius 1 is 1.20 bits per heavy atom. The smallest absolute Gasteiger partial charge is 0.234 e. The van der Waals surface area contributed by atoms with Crippen LogP contribution >= 0.6 is 11.8 Å². The van der Waals surface area contributed by atoms with Crippen LogP contribution in [0.1, 0.15) is 62.8 Å². The van der Waals surface area contributed by atoms with Crippen LogP contribution in [-0.4, -0.2) is 32.2 Å². The Labute approximate surface area is 152 Å².